The van der Waals surface area contributed by atoms with Crippen molar-refractivity contribution in [3.63, 3.8) is 0 Å². The third kappa shape index (κ3) is 4.06. The van der Waals surface area contributed by atoms with Crippen LogP contribution in [0.25, 0.3) is 0 Å². The zero-order valence-corrected chi connectivity index (χ0v) is 13.5. The van der Waals surface area contributed by atoms with E-state index in [1.165, 1.54) is 12.8 Å². The fraction of sp³-hybridized carbons (Fsp3) is 0.750. The lowest BCUT2D eigenvalue weighted by Gasteiger charge is -2.27. The molecule has 0 spiro atoms. The van der Waals surface area contributed by atoms with Gasteiger partial charge in [-0.25, -0.2) is 9.97 Å². The van der Waals surface area contributed by atoms with Gasteiger partial charge in [0.25, 0.3) is 0 Å². The van der Waals surface area contributed by atoms with Crippen molar-refractivity contribution in [1.82, 2.24) is 9.97 Å². The van der Waals surface area contributed by atoms with Crippen LogP contribution >= 0.6 is 0 Å². The topological polar surface area (TPSA) is 70.1 Å². The summed E-state index contributed by atoms with van der Waals surface area (Å²) in [6.07, 6.45) is 7.25. The van der Waals surface area contributed by atoms with Gasteiger partial charge in [0.05, 0.1) is 5.60 Å². The third-order valence-corrected chi connectivity index (χ3v) is 4.36. The number of aromatic nitrogens is 2. The molecule has 1 aliphatic rings. The first kappa shape index (κ1) is 16.0. The summed E-state index contributed by atoms with van der Waals surface area (Å²) in [5.41, 5.74) is 0.409. The van der Waals surface area contributed by atoms with Crippen LogP contribution in [-0.2, 0) is 6.42 Å². The molecular formula is C16H28N4O. The van der Waals surface area contributed by atoms with E-state index in [2.05, 4.69) is 20.6 Å². The van der Waals surface area contributed by atoms with Crippen LogP contribution in [0, 0.1) is 6.92 Å². The highest BCUT2D eigenvalue weighted by Gasteiger charge is 2.28. The summed E-state index contributed by atoms with van der Waals surface area (Å²) < 4.78 is 0. The molecule has 0 amide bonds. The monoisotopic (exact) mass is 292 g/mol. The molecule has 5 heteroatoms. The van der Waals surface area contributed by atoms with Crippen LogP contribution in [0.3, 0.4) is 0 Å². The molecule has 1 aromatic heterocycles. The van der Waals surface area contributed by atoms with Gasteiger partial charge in [0.2, 0.25) is 0 Å². The SMILES string of the molecule is CCc1nc(NC)c(C)c(NCC2(O)CCCCCC2)n1. The van der Waals surface area contributed by atoms with Gasteiger partial charge in [0.1, 0.15) is 17.5 Å². The smallest absolute Gasteiger partial charge is 0.134 e. The summed E-state index contributed by atoms with van der Waals surface area (Å²) >= 11 is 0. The van der Waals surface area contributed by atoms with Crippen molar-refractivity contribution in [2.24, 2.45) is 0 Å². The first-order valence-corrected chi connectivity index (χ1v) is 8.09. The van der Waals surface area contributed by atoms with E-state index in [0.29, 0.717) is 6.54 Å². The van der Waals surface area contributed by atoms with Crippen LogP contribution in [0.4, 0.5) is 11.6 Å². The second-order valence-corrected chi connectivity index (χ2v) is 6.06. The minimum atomic E-state index is -0.597. The first-order chi connectivity index (χ1) is 10.1. The molecule has 21 heavy (non-hydrogen) atoms. The van der Waals surface area contributed by atoms with Gasteiger partial charge in [-0.15, -0.1) is 0 Å². The first-order valence-electron chi connectivity index (χ1n) is 8.09. The van der Waals surface area contributed by atoms with Crippen molar-refractivity contribution < 1.29 is 5.11 Å². The van der Waals surface area contributed by atoms with E-state index in [1.54, 1.807) is 0 Å². The number of aryl methyl sites for hydroxylation is 1. The molecular weight excluding hydrogens is 264 g/mol. The van der Waals surface area contributed by atoms with E-state index < -0.39 is 5.60 Å². The summed E-state index contributed by atoms with van der Waals surface area (Å²) in [7, 11) is 1.87. The summed E-state index contributed by atoms with van der Waals surface area (Å²) in [6, 6.07) is 0. The van der Waals surface area contributed by atoms with E-state index in [0.717, 1.165) is 55.1 Å². The second kappa shape index (κ2) is 7.07. The van der Waals surface area contributed by atoms with Crippen LogP contribution in [0.2, 0.25) is 0 Å². The van der Waals surface area contributed by atoms with Crippen molar-refractivity contribution in [3.8, 4) is 0 Å². The Morgan fingerprint density at radius 1 is 1.10 bits per heavy atom. The molecule has 0 radical (unpaired) electrons. The van der Waals surface area contributed by atoms with Crippen LogP contribution in [0.5, 0.6) is 0 Å². The fourth-order valence-electron chi connectivity index (χ4n) is 2.95. The van der Waals surface area contributed by atoms with E-state index in [-0.39, 0.29) is 0 Å². The summed E-state index contributed by atoms with van der Waals surface area (Å²) in [4.78, 5) is 9.04. The highest BCUT2D eigenvalue weighted by molar-refractivity contribution is 5.57. The molecule has 1 saturated carbocycles. The maximum Gasteiger partial charge on any atom is 0.134 e. The Labute approximate surface area is 127 Å². The number of rotatable bonds is 5. The largest absolute Gasteiger partial charge is 0.388 e. The Morgan fingerprint density at radius 3 is 2.29 bits per heavy atom. The van der Waals surface area contributed by atoms with Gasteiger partial charge in [0, 0.05) is 25.6 Å². The Bertz CT molecular complexity index is 468. The molecule has 118 valence electrons. The standard InChI is InChI=1S/C16H28N4O/c1-4-13-19-14(17-3)12(2)15(20-13)18-11-16(21)9-7-5-6-8-10-16/h21H,4-11H2,1-3H3,(H2,17,18,19,20). The number of hydrogen-bond donors (Lipinski definition) is 3. The summed E-state index contributed by atoms with van der Waals surface area (Å²) in [6.45, 7) is 4.62. The Balaban J connectivity index is 2.11. The lowest BCUT2D eigenvalue weighted by molar-refractivity contribution is 0.0380. The molecule has 1 heterocycles. The minimum Gasteiger partial charge on any atom is -0.388 e. The highest BCUT2D eigenvalue weighted by Crippen LogP contribution is 2.28. The van der Waals surface area contributed by atoms with Crippen molar-refractivity contribution in [3.05, 3.63) is 11.4 Å². The molecule has 0 saturated heterocycles. The molecule has 0 unspecified atom stereocenters. The molecule has 1 aliphatic carbocycles. The summed E-state index contributed by atoms with van der Waals surface area (Å²) in [5, 5.41) is 17.2. The number of anilines is 2. The molecule has 3 N–H and O–H groups in total. The quantitative estimate of drug-likeness (QED) is 0.728. The number of hydrogen-bond acceptors (Lipinski definition) is 5. The van der Waals surface area contributed by atoms with Gasteiger partial charge in [-0.1, -0.05) is 32.6 Å². The van der Waals surface area contributed by atoms with E-state index in [9.17, 15) is 5.11 Å². The summed E-state index contributed by atoms with van der Waals surface area (Å²) in [5.74, 6) is 2.52. The Kier molecular flexibility index (Phi) is 5.39. The van der Waals surface area contributed by atoms with Crippen molar-refractivity contribution >= 4 is 11.6 Å². The number of nitrogens with zero attached hydrogens (tertiary/aromatic N) is 2. The second-order valence-electron chi connectivity index (χ2n) is 6.06. The molecule has 0 aromatic carbocycles. The molecule has 0 bridgehead atoms. The van der Waals surface area contributed by atoms with Gasteiger partial charge in [-0.3, -0.25) is 0 Å². The third-order valence-electron chi connectivity index (χ3n) is 4.36. The van der Waals surface area contributed by atoms with E-state index >= 15 is 0 Å². The molecule has 1 aromatic rings. The van der Waals surface area contributed by atoms with Crippen molar-refractivity contribution in [1.29, 1.82) is 0 Å². The van der Waals surface area contributed by atoms with E-state index in [4.69, 9.17) is 0 Å². The van der Waals surface area contributed by atoms with E-state index in [1.807, 2.05) is 20.9 Å². The molecule has 0 aliphatic heterocycles. The van der Waals surface area contributed by atoms with Gasteiger partial charge in [-0.2, -0.15) is 0 Å². The fourth-order valence-corrected chi connectivity index (χ4v) is 2.95. The molecule has 2 rings (SSSR count). The lowest BCUT2D eigenvalue weighted by Crippen LogP contribution is -2.36. The molecule has 0 atom stereocenters. The van der Waals surface area contributed by atoms with Gasteiger partial charge < -0.3 is 15.7 Å². The minimum absolute atomic E-state index is 0.567. The predicted molar refractivity (Wildman–Crippen MR) is 86.8 cm³/mol. The van der Waals surface area contributed by atoms with Crippen LogP contribution in [0.15, 0.2) is 0 Å². The zero-order valence-electron chi connectivity index (χ0n) is 13.5. The number of nitrogens with one attached hydrogen (secondary N) is 2. The molecule has 5 nitrogen and oxygen atoms in total. The average molecular weight is 292 g/mol. The predicted octanol–water partition coefficient (Wildman–Crippen LogP) is 2.89. The average Bonchev–Trinajstić information content (AvgIpc) is 2.71. The van der Waals surface area contributed by atoms with Gasteiger partial charge >= 0.3 is 0 Å². The van der Waals surface area contributed by atoms with Crippen LogP contribution in [-0.4, -0.2) is 34.3 Å². The normalized spacial score (nSPS) is 18.1. The maximum absolute atomic E-state index is 10.7. The van der Waals surface area contributed by atoms with Gasteiger partial charge in [-0.05, 0) is 19.8 Å². The van der Waals surface area contributed by atoms with Crippen molar-refractivity contribution in [2.75, 3.05) is 24.2 Å². The Morgan fingerprint density at radius 2 is 1.71 bits per heavy atom. The van der Waals surface area contributed by atoms with Crippen molar-refractivity contribution in [2.45, 2.75) is 64.4 Å². The molecule has 1 fully saturated rings. The van der Waals surface area contributed by atoms with Gasteiger partial charge in [0.15, 0.2) is 0 Å². The van der Waals surface area contributed by atoms with Crippen LogP contribution < -0.4 is 10.6 Å². The van der Waals surface area contributed by atoms with Crippen LogP contribution in [0.1, 0.15) is 56.8 Å². The zero-order chi connectivity index (χ0) is 15.3. The Hall–Kier alpha value is -1.36. The number of aliphatic hydroxyl groups is 1. The maximum atomic E-state index is 10.7. The lowest BCUT2D eigenvalue weighted by atomic mass is 9.94. The highest BCUT2D eigenvalue weighted by atomic mass is 16.3.